The molecular formula is C25H27NO4. The van der Waals surface area contributed by atoms with E-state index in [1.807, 2.05) is 18.2 Å². The zero-order valence-corrected chi connectivity index (χ0v) is 17.2. The van der Waals surface area contributed by atoms with Crippen molar-refractivity contribution in [1.29, 1.82) is 0 Å². The normalized spacial score (nSPS) is 23.0. The highest BCUT2D eigenvalue weighted by molar-refractivity contribution is 5.99. The van der Waals surface area contributed by atoms with Crippen LogP contribution in [0.2, 0.25) is 0 Å². The van der Waals surface area contributed by atoms with E-state index in [-0.39, 0.29) is 11.8 Å². The molecule has 2 aromatic carbocycles. The van der Waals surface area contributed by atoms with Crippen molar-refractivity contribution in [2.24, 2.45) is 17.8 Å². The van der Waals surface area contributed by atoms with Gasteiger partial charge in [0.15, 0.2) is 5.78 Å². The number of esters is 1. The molecule has 4 atom stereocenters. The molecule has 0 radical (unpaired) electrons. The summed E-state index contributed by atoms with van der Waals surface area (Å²) >= 11 is 0. The molecule has 2 aliphatic rings. The zero-order valence-electron chi connectivity index (χ0n) is 17.2. The van der Waals surface area contributed by atoms with Gasteiger partial charge >= 0.3 is 5.97 Å². The summed E-state index contributed by atoms with van der Waals surface area (Å²) in [5, 5.41) is 2.79. The van der Waals surface area contributed by atoms with Crippen LogP contribution >= 0.6 is 0 Å². The fourth-order valence-corrected chi connectivity index (χ4v) is 4.94. The molecule has 4 rings (SSSR count). The number of nitrogens with one attached hydrogen (secondary N) is 1. The Kier molecular flexibility index (Phi) is 5.98. The molecule has 1 amide bonds. The van der Waals surface area contributed by atoms with Gasteiger partial charge in [0, 0.05) is 23.2 Å². The van der Waals surface area contributed by atoms with Gasteiger partial charge < -0.3 is 10.1 Å². The highest BCUT2D eigenvalue weighted by atomic mass is 16.5. The van der Waals surface area contributed by atoms with Gasteiger partial charge in [0.2, 0.25) is 6.10 Å². The third-order valence-corrected chi connectivity index (χ3v) is 6.44. The van der Waals surface area contributed by atoms with Gasteiger partial charge in [0.25, 0.3) is 5.91 Å². The number of carbonyl (C=O) groups is 3. The van der Waals surface area contributed by atoms with Gasteiger partial charge in [-0.05, 0) is 56.1 Å². The lowest BCUT2D eigenvalue weighted by Crippen LogP contribution is -2.27. The average Bonchev–Trinajstić information content (AvgIpc) is 3.36. The number of amides is 1. The van der Waals surface area contributed by atoms with Crippen LogP contribution in [0.1, 0.15) is 61.1 Å². The third-order valence-electron chi connectivity index (χ3n) is 6.44. The number of Topliss-reactive ketones (excluding diaryl/α,β-unsaturated/α-hetero) is 1. The predicted molar refractivity (Wildman–Crippen MR) is 114 cm³/mol. The van der Waals surface area contributed by atoms with Crippen molar-refractivity contribution in [3.8, 4) is 0 Å². The third kappa shape index (κ3) is 4.61. The molecule has 0 heterocycles. The number of rotatable bonds is 7. The molecule has 0 aliphatic heterocycles. The minimum Gasteiger partial charge on any atom is -0.447 e. The smallest absolute Gasteiger partial charge is 0.307 e. The van der Waals surface area contributed by atoms with E-state index < -0.39 is 12.0 Å². The maximum absolute atomic E-state index is 13.0. The predicted octanol–water partition coefficient (Wildman–Crippen LogP) is 4.94. The van der Waals surface area contributed by atoms with Crippen LogP contribution in [-0.2, 0) is 14.3 Å². The first kappa shape index (κ1) is 20.3. The van der Waals surface area contributed by atoms with Gasteiger partial charge in [-0.15, -0.1) is 0 Å². The van der Waals surface area contributed by atoms with Crippen LogP contribution in [0.5, 0.6) is 0 Å². The molecule has 2 fully saturated rings. The molecule has 5 heteroatoms. The fourth-order valence-electron chi connectivity index (χ4n) is 4.94. The second kappa shape index (κ2) is 8.82. The monoisotopic (exact) mass is 405 g/mol. The molecule has 2 bridgehead atoms. The second-order valence-corrected chi connectivity index (χ2v) is 8.55. The average molecular weight is 405 g/mol. The Bertz CT molecular complexity index is 939. The molecule has 156 valence electrons. The molecule has 2 aromatic rings. The van der Waals surface area contributed by atoms with E-state index in [0.29, 0.717) is 35.1 Å². The highest BCUT2D eigenvalue weighted by Crippen LogP contribution is 2.49. The van der Waals surface area contributed by atoms with E-state index in [2.05, 4.69) is 5.32 Å². The number of hydrogen-bond donors (Lipinski definition) is 1. The fraction of sp³-hybridized carbons (Fsp3) is 0.400. The molecule has 2 saturated carbocycles. The van der Waals surface area contributed by atoms with Crippen LogP contribution in [0.15, 0.2) is 54.6 Å². The summed E-state index contributed by atoms with van der Waals surface area (Å²) in [4.78, 5) is 37.4. The summed E-state index contributed by atoms with van der Waals surface area (Å²) < 4.78 is 5.70. The van der Waals surface area contributed by atoms with Gasteiger partial charge in [0.05, 0.1) is 0 Å². The summed E-state index contributed by atoms with van der Waals surface area (Å²) in [6.07, 6.45) is 4.16. The van der Waals surface area contributed by atoms with Crippen LogP contribution < -0.4 is 5.32 Å². The Morgan fingerprint density at radius 1 is 1.03 bits per heavy atom. The van der Waals surface area contributed by atoms with Gasteiger partial charge in [-0.1, -0.05) is 48.9 Å². The van der Waals surface area contributed by atoms with Crippen molar-refractivity contribution >= 4 is 23.3 Å². The quantitative estimate of drug-likeness (QED) is 0.523. The topological polar surface area (TPSA) is 72.5 Å². The molecular weight excluding hydrogens is 378 g/mol. The maximum atomic E-state index is 13.0. The second-order valence-electron chi connectivity index (χ2n) is 8.55. The standard InChI is InChI=1S/C25H27NO4/c1-16(27)19-8-5-9-22(14-19)26-25(29)24(18-6-3-2-4-7-18)30-23(28)15-21-13-17-10-11-20(21)12-17/h2-9,14,17,20-21,24H,10-13,15H2,1H3,(H,26,29). The van der Waals surface area contributed by atoms with E-state index in [1.165, 1.54) is 26.2 Å². The first-order valence-electron chi connectivity index (χ1n) is 10.7. The lowest BCUT2D eigenvalue weighted by molar-refractivity contribution is -0.156. The van der Waals surface area contributed by atoms with Crippen molar-refractivity contribution in [3.63, 3.8) is 0 Å². The van der Waals surface area contributed by atoms with E-state index in [1.54, 1.807) is 36.4 Å². The first-order valence-corrected chi connectivity index (χ1v) is 10.7. The Labute approximate surface area is 176 Å². The Balaban J connectivity index is 1.47. The number of ketones is 1. The van der Waals surface area contributed by atoms with Crippen LogP contribution in [-0.4, -0.2) is 17.7 Å². The van der Waals surface area contributed by atoms with Crippen molar-refractivity contribution in [2.45, 2.75) is 45.1 Å². The number of anilines is 1. The molecule has 30 heavy (non-hydrogen) atoms. The van der Waals surface area contributed by atoms with Gasteiger partial charge in [-0.25, -0.2) is 0 Å². The minimum atomic E-state index is -1.03. The van der Waals surface area contributed by atoms with Gasteiger partial charge in [-0.3, -0.25) is 14.4 Å². The van der Waals surface area contributed by atoms with Crippen LogP contribution in [0, 0.1) is 17.8 Å². The Hall–Kier alpha value is -2.95. The zero-order chi connectivity index (χ0) is 21.1. The number of benzene rings is 2. The van der Waals surface area contributed by atoms with E-state index in [0.717, 1.165) is 12.3 Å². The first-order chi connectivity index (χ1) is 14.5. The molecule has 0 saturated heterocycles. The Morgan fingerprint density at radius 3 is 2.50 bits per heavy atom. The molecule has 0 aromatic heterocycles. The number of ether oxygens (including phenoxy) is 1. The number of carbonyl (C=O) groups excluding carboxylic acids is 3. The van der Waals surface area contributed by atoms with Crippen LogP contribution in [0.25, 0.3) is 0 Å². The number of fused-ring (bicyclic) bond motifs is 2. The van der Waals surface area contributed by atoms with Crippen molar-refractivity contribution in [3.05, 3.63) is 65.7 Å². The lowest BCUT2D eigenvalue weighted by Gasteiger charge is -2.23. The summed E-state index contributed by atoms with van der Waals surface area (Å²) in [5.41, 5.74) is 1.63. The van der Waals surface area contributed by atoms with Crippen LogP contribution in [0.3, 0.4) is 0 Å². The molecule has 2 aliphatic carbocycles. The van der Waals surface area contributed by atoms with Gasteiger partial charge in [0.1, 0.15) is 0 Å². The summed E-state index contributed by atoms with van der Waals surface area (Å²) in [6.45, 7) is 1.48. The van der Waals surface area contributed by atoms with Crippen molar-refractivity contribution < 1.29 is 19.1 Å². The van der Waals surface area contributed by atoms with E-state index >= 15 is 0 Å². The van der Waals surface area contributed by atoms with Gasteiger partial charge in [-0.2, -0.15) is 0 Å². The highest BCUT2D eigenvalue weighted by Gasteiger charge is 2.41. The Morgan fingerprint density at radius 2 is 1.83 bits per heavy atom. The van der Waals surface area contributed by atoms with E-state index in [9.17, 15) is 14.4 Å². The maximum Gasteiger partial charge on any atom is 0.307 e. The summed E-state index contributed by atoms with van der Waals surface area (Å²) in [6, 6.07) is 15.8. The number of hydrogen-bond acceptors (Lipinski definition) is 4. The van der Waals surface area contributed by atoms with Crippen LogP contribution in [0.4, 0.5) is 5.69 Å². The molecule has 5 nitrogen and oxygen atoms in total. The summed E-state index contributed by atoms with van der Waals surface area (Å²) in [7, 11) is 0. The molecule has 1 N–H and O–H groups in total. The lowest BCUT2D eigenvalue weighted by atomic mass is 9.86. The van der Waals surface area contributed by atoms with Crippen molar-refractivity contribution in [1.82, 2.24) is 0 Å². The minimum absolute atomic E-state index is 0.0806. The summed E-state index contributed by atoms with van der Waals surface area (Å²) in [5.74, 6) is 0.929. The molecule has 0 spiro atoms. The van der Waals surface area contributed by atoms with E-state index in [4.69, 9.17) is 4.74 Å². The largest absolute Gasteiger partial charge is 0.447 e. The SMILES string of the molecule is CC(=O)c1cccc(NC(=O)C(OC(=O)CC2CC3CCC2C3)c2ccccc2)c1. The molecule has 4 unspecified atom stereocenters. The van der Waals surface area contributed by atoms with Crippen molar-refractivity contribution in [2.75, 3.05) is 5.32 Å².